The van der Waals surface area contributed by atoms with Gasteiger partial charge in [0.1, 0.15) is 17.9 Å². The summed E-state index contributed by atoms with van der Waals surface area (Å²) in [6.07, 6.45) is 0. The number of hydrogen-bond acceptors (Lipinski definition) is 7. The quantitative estimate of drug-likeness (QED) is 0.688. The average molecular weight is 437 g/mol. The van der Waals surface area contributed by atoms with Crippen LogP contribution in [0.5, 0.6) is 5.75 Å². The van der Waals surface area contributed by atoms with Crippen molar-refractivity contribution in [3.8, 4) is 5.75 Å². The zero-order valence-electron chi connectivity index (χ0n) is 16.0. The molecular weight excluding hydrogens is 417 g/mol. The fourth-order valence-electron chi connectivity index (χ4n) is 5.00. The predicted octanol–water partition coefficient (Wildman–Crippen LogP) is 0.353. The van der Waals surface area contributed by atoms with Crippen molar-refractivity contribution < 1.29 is 27.4 Å². The highest BCUT2D eigenvalue weighted by Gasteiger charge is 2.51. The second-order valence-electron chi connectivity index (χ2n) is 8.27. The Bertz CT molecular complexity index is 1270. The molecule has 9 nitrogen and oxygen atoms in total. The van der Waals surface area contributed by atoms with Crippen LogP contribution < -0.4 is 20.9 Å². The first kappa shape index (κ1) is 19.3. The van der Waals surface area contributed by atoms with Crippen LogP contribution >= 0.6 is 0 Å². The molecule has 5 rings (SSSR count). The zero-order chi connectivity index (χ0) is 21.5. The standard InChI is InChI=1S/C19H20FN3O6S/c1-8-6-29-17-15-9(2-10(19(25)26)18(24)23(8)15)3-12(20)16(17)22-4-11-13(21)7-30(27,28)14(11)5-22/h2-3,8,11,13-14H,4-7,21H2,1H3,(H,25,26)/t8-,11+,13-,14+/m0/s1. The molecule has 0 saturated carbocycles. The number of nitrogens with zero attached hydrogens (tertiary/aromatic N) is 2. The molecule has 11 heteroatoms. The molecule has 2 saturated heterocycles. The van der Waals surface area contributed by atoms with Crippen LogP contribution in [0.4, 0.5) is 10.1 Å². The van der Waals surface area contributed by atoms with Gasteiger partial charge in [0.25, 0.3) is 5.56 Å². The summed E-state index contributed by atoms with van der Waals surface area (Å²) in [6.45, 7) is 2.12. The molecule has 0 unspecified atom stereocenters. The van der Waals surface area contributed by atoms with Crippen LogP contribution in [0.25, 0.3) is 10.9 Å². The Morgan fingerprint density at radius 2 is 2.07 bits per heavy atom. The molecule has 160 valence electrons. The first-order valence-electron chi connectivity index (χ1n) is 9.60. The molecule has 3 aliphatic heterocycles. The Hall–Kier alpha value is -2.66. The van der Waals surface area contributed by atoms with Crippen molar-refractivity contribution in [2.75, 3.05) is 30.3 Å². The van der Waals surface area contributed by atoms with E-state index in [0.717, 1.165) is 6.07 Å². The molecular formula is C19H20FN3O6S. The molecule has 3 N–H and O–H groups in total. The lowest BCUT2D eigenvalue weighted by Gasteiger charge is -2.31. The van der Waals surface area contributed by atoms with Gasteiger partial charge in [0, 0.05) is 30.4 Å². The normalized spacial score (nSPS) is 29.1. The Labute approximate surface area is 170 Å². The van der Waals surface area contributed by atoms with Crippen molar-refractivity contribution in [3.05, 3.63) is 33.9 Å². The van der Waals surface area contributed by atoms with Crippen LogP contribution in [0.2, 0.25) is 0 Å². The number of anilines is 1. The number of rotatable bonds is 2. The highest BCUT2D eigenvalue weighted by atomic mass is 32.2. The number of sulfone groups is 1. The molecule has 4 atom stereocenters. The van der Waals surface area contributed by atoms with E-state index in [1.807, 2.05) is 0 Å². The van der Waals surface area contributed by atoms with Crippen molar-refractivity contribution in [3.63, 3.8) is 0 Å². The summed E-state index contributed by atoms with van der Waals surface area (Å²) >= 11 is 0. The number of halogens is 1. The first-order chi connectivity index (χ1) is 14.1. The number of hydrogen-bond donors (Lipinski definition) is 2. The van der Waals surface area contributed by atoms with Crippen molar-refractivity contribution in [2.45, 2.75) is 24.3 Å². The minimum Gasteiger partial charge on any atom is -0.487 e. The second kappa shape index (κ2) is 6.17. The number of fused-ring (bicyclic) bond motifs is 1. The van der Waals surface area contributed by atoms with Crippen LogP contribution in [-0.2, 0) is 9.84 Å². The summed E-state index contributed by atoms with van der Waals surface area (Å²) in [5, 5.41) is 8.93. The molecule has 2 aromatic rings. The lowest BCUT2D eigenvalue weighted by atomic mass is 10.0. The fourth-order valence-corrected chi connectivity index (χ4v) is 7.26. The zero-order valence-corrected chi connectivity index (χ0v) is 16.9. The van der Waals surface area contributed by atoms with E-state index < -0.39 is 50.1 Å². The van der Waals surface area contributed by atoms with Gasteiger partial charge in [-0.2, -0.15) is 0 Å². The fraction of sp³-hybridized carbons (Fsp3) is 0.474. The van der Waals surface area contributed by atoms with Gasteiger partial charge in [-0.1, -0.05) is 0 Å². The number of nitrogens with two attached hydrogens (primary N) is 1. The largest absolute Gasteiger partial charge is 0.487 e. The second-order valence-corrected chi connectivity index (χ2v) is 10.5. The van der Waals surface area contributed by atoms with Crippen molar-refractivity contribution >= 4 is 32.4 Å². The highest BCUT2D eigenvalue weighted by molar-refractivity contribution is 7.92. The van der Waals surface area contributed by atoms with Crippen LogP contribution in [0.15, 0.2) is 16.9 Å². The van der Waals surface area contributed by atoms with Gasteiger partial charge in [0.2, 0.25) is 0 Å². The average Bonchev–Trinajstić information content (AvgIpc) is 3.18. The maximum atomic E-state index is 15.2. The predicted molar refractivity (Wildman–Crippen MR) is 107 cm³/mol. The maximum absolute atomic E-state index is 15.2. The number of aromatic carboxylic acids is 1. The molecule has 0 amide bonds. The summed E-state index contributed by atoms with van der Waals surface area (Å²) in [7, 11) is -3.36. The van der Waals surface area contributed by atoms with Gasteiger partial charge in [0.15, 0.2) is 21.4 Å². The van der Waals surface area contributed by atoms with Crippen LogP contribution in [0, 0.1) is 11.7 Å². The number of pyridine rings is 1. The van der Waals surface area contributed by atoms with Crippen molar-refractivity contribution in [1.29, 1.82) is 0 Å². The third-order valence-corrected chi connectivity index (χ3v) is 8.67. The van der Waals surface area contributed by atoms with Crippen LogP contribution in [0.1, 0.15) is 23.3 Å². The minimum absolute atomic E-state index is 0.0556. The Morgan fingerprint density at radius 1 is 1.33 bits per heavy atom. The molecule has 30 heavy (non-hydrogen) atoms. The van der Waals surface area contributed by atoms with Gasteiger partial charge in [-0.3, -0.25) is 9.36 Å². The van der Waals surface area contributed by atoms with E-state index >= 15 is 4.39 Å². The minimum atomic E-state index is -3.36. The van der Waals surface area contributed by atoms with Gasteiger partial charge in [-0.15, -0.1) is 0 Å². The van der Waals surface area contributed by atoms with E-state index in [2.05, 4.69) is 0 Å². The number of aromatic nitrogens is 1. The SMILES string of the molecule is C[C@H]1COc2c(N3C[C@H]4[C@@H](C3)S(=O)(=O)C[C@@H]4N)c(F)cc3cc(C(=O)O)c(=O)n1c23. The van der Waals surface area contributed by atoms with Gasteiger partial charge in [0.05, 0.1) is 22.6 Å². The number of ether oxygens (including phenoxy) is 1. The van der Waals surface area contributed by atoms with Crippen molar-refractivity contribution in [2.24, 2.45) is 11.7 Å². The van der Waals surface area contributed by atoms with E-state index in [4.69, 9.17) is 10.5 Å². The number of benzene rings is 1. The smallest absolute Gasteiger partial charge is 0.341 e. The van der Waals surface area contributed by atoms with E-state index in [9.17, 15) is 23.1 Å². The molecule has 0 aliphatic carbocycles. The first-order valence-corrected chi connectivity index (χ1v) is 11.3. The maximum Gasteiger partial charge on any atom is 0.341 e. The van der Waals surface area contributed by atoms with E-state index in [-0.39, 0.29) is 48.2 Å². The highest BCUT2D eigenvalue weighted by Crippen LogP contribution is 2.45. The van der Waals surface area contributed by atoms with Gasteiger partial charge < -0.3 is 20.5 Å². The van der Waals surface area contributed by atoms with Crippen LogP contribution in [0.3, 0.4) is 0 Å². The lowest BCUT2D eigenvalue weighted by molar-refractivity contribution is 0.0694. The number of carboxylic acid groups (broad SMARTS) is 1. The van der Waals surface area contributed by atoms with E-state index in [1.165, 1.54) is 10.6 Å². The summed E-state index contributed by atoms with van der Waals surface area (Å²) in [5.41, 5.74) is 5.29. The Balaban J connectivity index is 1.73. The summed E-state index contributed by atoms with van der Waals surface area (Å²) < 4.78 is 47.2. The van der Waals surface area contributed by atoms with Crippen LogP contribution in [-0.4, -0.2) is 60.8 Å². The Kier molecular flexibility index (Phi) is 3.97. The molecule has 4 heterocycles. The molecule has 1 aromatic carbocycles. The molecule has 1 aromatic heterocycles. The number of carbonyl (C=O) groups is 1. The molecule has 2 fully saturated rings. The Morgan fingerprint density at radius 3 is 2.73 bits per heavy atom. The van der Waals surface area contributed by atoms with Gasteiger partial charge in [-0.25, -0.2) is 17.6 Å². The third kappa shape index (κ3) is 2.51. The summed E-state index contributed by atoms with van der Waals surface area (Å²) in [4.78, 5) is 25.9. The van der Waals surface area contributed by atoms with E-state index in [0.29, 0.717) is 5.52 Å². The van der Waals surface area contributed by atoms with Gasteiger partial charge >= 0.3 is 5.97 Å². The monoisotopic (exact) mass is 437 g/mol. The molecule has 0 bridgehead atoms. The topological polar surface area (TPSA) is 132 Å². The lowest BCUT2D eigenvalue weighted by Crippen LogP contribution is -2.36. The molecule has 0 radical (unpaired) electrons. The molecule has 0 spiro atoms. The molecule has 3 aliphatic rings. The number of carboxylic acids is 1. The third-order valence-electron chi connectivity index (χ3n) is 6.40. The summed E-state index contributed by atoms with van der Waals surface area (Å²) in [6, 6.07) is 1.35. The van der Waals surface area contributed by atoms with E-state index in [1.54, 1.807) is 11.8 Å². The van der Waals surface area contributed by atoms with Crippen molar-refractivity contribution in [1.82, 2.24) is 4.57 Å². The van der Waals surface area contributed by atoms with Gasteiger partial charge in [-0.05, 0) is 19.1 Å². The summed E-state index contributed by atoms with van der Waals surface area (Å²) in [5.74, 6) is -2.31.